The van der Waals surface area contributed by atoms with Gasteiger partial charge in [0.25, 0.3) is 5.91 Å². The number of phenolic OH excluding ortho intramolecular Hbond substituents is 1. The van der Waals surface area contributed by atoms with Crippen molar-refractivity contribution in [3.63, 3.8) is 0 Å². The van der Waals surface area contributed by atoms with Crippen LogP contribution in [-0.4, -0.2) is 55.7 Å². The molecule has 1 heterocycles. The minimum absolute atomic E-state index is 0.145. The number of phenols is 1. The predicted molar refractivity (Wildman–Crippen MR) is 126 cm³/mol. The normalized spacial score (nSPS) is 16.6. The highest BCUT2D eigenvalue weighted by molar-refractivity contribution is 5.94. The van der Waals surface area contributed by atoms with Gasteiger partial charge < -0.3 is 26.0 Å². The van der Waals surface area contributed by atoms with Crippen molar-refractivity contribution in [3.05, 3.63) is 59.7 Å². The number of nitrogens with zero attached hydrogens (tertiary/aromatic N) is 2. The third-order valence-electron chi connectivity index (χ3n) is 5.30. The lowest BCUT2D eigenvalue weighted by molar-refractivity contribution is 0.0955. The van der Waals surface area contributed by atoms with E-state index >= 15 is 0 Å². The van der Waals surface area contributed by atoms with Crippen molar-refractivity contribution in [2.24, 2.45) is 4.99 Å². The standard InChI is InChI=1S/C24H33N5O2/c1-3-25-24(27-15-14-26-23(31)19-8-12-22(30)13-9-19)28-20-5-4-16-29(17-20)21-10-6-18(2)7-11-21/h6-13,20,30H,3-5,14-17H2,1-2H3,(H,26,31)(H2,25,27,28). The molecule has 0 saturated carbocycles. The molecular weight excluding hydrogens is 390 g/mol. The average Bonchev–Trinajstić information content (AvgIpc) is 2.78. The number of hydrogen-bond donors (Lipinski definition) is 4. The number of anilines is 1. The zero-order chi connectivity index (χ0) is 22.1. The largest absolute Gasteiger partial charge is 0.508 e. The fraction of sp³-hybridized carbons (Fsp3) is 0.417. The maximum absolute atomic E-state index is 12.2. The second-order valence-electron chi connectivity index (χ2n) is 7.83. The molecule has 1 atom stereocenters. The molecule has 3 rings (SSSR count). The van der Waals surface area contributed by atoms with Gasteiger partial charge in [-0.2, -0.15) is 0 Å². The lowest BCUT2D eigenvalue weighted by Crippen LogP contribution is -2.51. The van der Waals surface area contributed by atoms with Crippen LogP contribution in [0.3, 0.4) is 0 Å². The Labute approximate surface area is 184 Å². The number of amides is 1. The third kappa shape index (κ3) is 6.91. The van der Waals surface area contributed by atoms with E-state index in [0.717, 1.165) is 38.4 Å². The van der Waals surface area contributed by atoms with Gasteiger partial charge in [0.2, 0.25) is 0 Å². The van der Waals surface area contributed by atoms with Crippen molar-refractivity contribution in [2.75, 3.05) is 37.6 Å². The summed E-state index contributed by atoms with van der Waals surface area (Å²) >= 11 is 0. The molecule has 0 aliphatic carbocycles. The quantitative estimate of drug-likeness (QED) is 0.312. The van der Waals surface area contributed by atoms with Crippen molar-refractivity contribution in [3.8, 4) is 5.75 Å². The summed E-state index contributed by atoms with van der Waals surface area (Å²) in [6, 6.07) is 15.2. The second kappa shape index (κ2) is 11.2. The Hall–Kier alpha value is -3.22. The maximum atomic E-state index is 12.2. The number of hydrogen-bond acceptors (Lipinski definition) is 4. The molecular formula is C24H33N5O2. The molecule has 1 unspecified atom stereocenters. The Morgan fingerprint density at radius 2 is 1.87 bits per heavy atom. The molecule has 1 fully saturated rings. The Bertz CT molecular complexity index is 865. The first kappa shape index (κ1) is 22.5. The second-order valence-corrected chi connectivity index (χ2v) is 7.83. The van der Waals surface area contributed by atoms with Crippen LogP contribution in [0.1, 0.15) is 35.7 Å². The van der Waals surface area contributed by atoms with Gasteiger partial charge in [0.15, 0.2) is 5.96 Å². The molecule has 1 aliphatic heterocycles. The molecule has 7 nitrogen and oxygen atoms in total. The Kier molecular flexibility index (Phi) is 8.15. The van der Waals surface area contributed by atoms with Crippen molar-refractivity contribution in [1.29, 1.82) is 0 Å². The van der Waals surface area contributed by atoms with Gasteiger partial charge in [-0.25, -0.2) is 0 Å². The summed E-state index contributed by atoms with van der Waals surface area (Å²) in [5, 5.41) is 19.0. The molecule has 2 aromatic carbocycles. The number of rotatable bonds is 7. The van der Waals surface area contributed by atoms with Gasteiger partial charge in [-0.3, -0.25) is 9.79 Å². The number of guanidine groups is 1. The summed E-state index contributed by atoms with van der Waals surface area (Å²) in [7, 11) is 0. The first-order chi connectivity index (χ1) is 15.0. The SMILES string of the molecule is CCNC(=NCCNC(=O)c1ccc(O)cc1)NC1CCCN(c2ccc(C)cc2)C1. The van der Waals surface area contributed by atoms with E-state index in [-0.39, 0.29) is 11.7 Å². The summed E-state index contributed by atoms with van der Waals surface area (Å²) in [4.78, 5) is 19.2. The van der Waals surface area contributed by atoms with Crippen molar-refractivity contribution in [2.45, 2.75) is 32.7 Å². The van der Waals surface area contributed by atoms with E-state index in [1.165, 1.54) is 23.4 Å². The van der Waals surface area contributed by atoms with Crippen LogP contribution >= 0.6 is 0 Å². The summed E-state index contributed by atoms with van der Waals surface area (Å²) in [6.07, 6.45) is 2.23. The first-order valence-corrected chi connectivity index (χ1v) is 11.0. The minimum Gasteiger partial charge on any atom is -0.508 e. The number of carbonyl (C=O) groups excluding carboxylic acids is 1. The van der Waals surface area contributed by atoms with Crippen LogP contribution in [0.2, 0.25) is 0 Å². The molecule has 0 bridgehead atoms. The van der Waals surface area contributed by atoms with Gasteiger partial charge >= 0.3 is 0 Å². The molecule has 4 N–H and O–H groups in total. The van der Waals surface area contributed by atoms with Crippen LogP contribution in [0.5, 0.6) is 5.75 Å². The van der Waals surface area contributed by atoms with E-state index in [1.807, 2.05) is 6.92 Å². The van der Waals surface area contributed by atoms with Crippen LogP contribution in [0.15, 0.2) is 53.5 Å². The van der Waals surface area contributed by atoms with Crippen LogP contribution in [0, 0.1) is 6.92 Å². The van der Waals surface area contributed by atoms with E-state index in [0.29, 0.717) is 24.7 Å². The summed E-state index contributed by atoms with van der Waals surface area (Å²) in [5.74, 6) is 0.748. The minimum atomic E-state index is -0.172. The van der Waals surface area contributed by atoms with E-state index < -0.39 is 0 Å². The molecule has 7 heteroatoms. The lowest BCUT2D eigenvalue weighted by atomic mass is 10.0. The number of aliphatic imine (C=N–C) groups is 1. The number of benzene rings is 2. The van der Waals surface area contributed by atoms with Gasteiger partial charge in [-0.1, -0.05) is 17.7 Å². The van der Waals surface area contributed by atoms with Gasteiger partial charge in [0.05, 0.1) is 6.54 Å². The summed E-state index contributed by atoms with van der Waals surface area (Å²) < 4.78 is 0. The summed E-state index contributed by atoms with van der Waals surface area (Å²) in [5.41, 5.74) is 3.05. The van der Waals surface area contributed by atoms with Gasteiger partial charge in [-0.05, 0) is 63.1 Å². The molecule has 2 aromatic rings. The van der Waals surface area contributed by atoms with Crippen LogP contribution in [0.25, 0.3) is 0 Å². The number of nitrogens with one attached hydrogen (secondary N) is 3. The van der Waals surface area contributed by atoms with Crippen LogP contribution in [0.4, 0.5) is 5.69 Å². The maximum Gasteiger partial charge on any atom is 0.251 e. The topological polar surface area (TPSA) is 89.0 Å². The number of aromatic hydroxyl groups is 1. The van der Waals surface area contributed by atoms with Gasteiger partial charge in [0, 0.05) is 43.5 Å². The molecule has 166 valence electrons. The lowest BCUT2D eigenvalue weighted by Gasteiger charge is -2.35. The molecule has 1 aliphatic rings. The van der Waals surface area contributed by atoms with Crippen molar-refractivity contribution in [1.82, 2.24) is 16.0 Å². The monoisotopic (exact) mass is 423 g/mol. The smallest absolute Gasteiger partial charge is 0.251 e. The number of aryl methyl sites for hydroxylation is 1. The predicted octanol–water partition coefficient (Wildman–Crippen LogP) is 2.65. The van der Waals surface area contributed by atoms with Crippen LogP contribution in [-0.2, 0) is 0 Å². The average molecular weight is 424 g/mol. The molecule has 1 saturated heterocycles. The first-order valence-electron chi connectivity index (χ1n) is 11.0. The van der Waals surface area contributed by atoms with Gasteiger partial charge in [0.1, 0.15) is 5.75 Å². The fourth-order valence-electron chi connectivity index (χ4n) is 3.65. The molecule has 31 heavy (non-hydrogen) atoms. The van der Waals surface area contributed by atoms with Crippen LogP contribution < -0.4 is 20.9 Å². The Morgan fingerprint density at radius 1 is 1.13 bits per heavy atom. The molecule has 0 aromatic heterocycles. The Morgan fingerprint density at radius 3 is 2.58 bits per heavy atom. The van der Waals surface area contributed by atoms with E-state index in [9.17, 15) is 9.90 Å². The zero-order valence-electron chi connectivity index (χ0n) is 18.4. The van der Waals surface area contributed by atoms with Crippen molar-refractivity contribution >= 4 is 17.6 Å². The molecule has 0 radical (unpaired) electrons. The zero-order valence-corrected chi connectivity index (χ0v) is 18.4. The molecule has 1 amide bonds. The Balaban J connectivity index is 1.50. The van der Waals surface area contributed by atoms with E-state index in [2.05, 4.69) is 57.0 Å². The van der Waals surface area contributed by atoms with Crippen molar-refractivity contribution < 1.29 is 9.90 Å². The molecule has 0 spiro atoms. The van der Waals surface area contributed by atoms with E-state index in [4.69, 9.17) is 0 Å². The summed E-state index contributed by atoms with van der Waals surface area (Å²) in [6.45, 7) is 7.85. The highest BCUT2D eigenvalue weighted by atomic mass is 16.3. The highest BCUT2D eigenvalue weighted by Crippen LogP contribution is 2.20. The third-order valence-corrected chi connectivity index (χ3v) is 5.30. The van der Waals surface area contributed by atoms with E-state index in [1.54, 1.807) is 12.1 Å². The number of carbonyl (C=O) groups is 1. The highest BCUT2D eigenvalue weighted by Gasteiger charge is 2.21. The van der Waals surface area contributed by atoms with Gasteiger partial charge in [-0.15, -0.1) is 0 Å². The fourth-order valence-corrected chi connectivity index (χ4v) is 3.65. The number of piperidine rings is 1.